The molecule has 0 fully saturated rings. The first kappa shape index (κ1) is 8.26. The van der Waals surface area contributed by atoms with Crippen LogP contribution in [0.15, 0.2) is 18.3 Å². The molecule has 0 aromatic carbocycles. The lowest BCUT2D eigenvalue weighted by Gasteiger charge is -2.00. The Morgan fingerprint density at radius 3 is 3.09 bits per heavy atom. The first-order valence-corrected chi connectivity index (χ1v) is 3.70. The monoisotopic (exact) mass is 154 g/mol. The molecular formula is C7H14N4. The van der Waals surface area contributed by atoms with E-state index in [1.165, 1.54) is 5.69 Å². The summed E-state index contributed by atoms with van der Waals surface area (Å²) in [5, 5.41) is 3.12. The van der Waals surface area contributed by atoms with E-state index in [-0.39, 0.29) is 0 Å². The Kier molecular flexibility index (Phi) is 3.68. The van der Waals surface area contributed by atoms with E-state index in [1.807, 2.05) is 12.3 Å². The molecule has 0 saturated carbocycles. The minimum Gasteiger partial charge on any atom is -0.365 e. The predicted molar refractivity (Wildman–Crippen MR) is 44.7 cm³/mol. The summed E-state index contributed by atoms with van der Waals surface area (Å²) in [5.74, 6) is 5.07. The summed E-state index contributed by atoms with van der Waals surface area (Å²) in [7, 11) is 0. The van der Waals surface area contributed by atoms with Gasteiger partial charge in [0.15, 0.2) is 0 Å². The molecule has 4 nitrogen and oxygen atoms in total. The fourth-order valence-corrected chi connectivity index (χ4v) is 0.907. The van der Waals surface area contributed by atoms with Crippen LogP contribution in [0.1, 0.15) is 5.69 Å². The Hall–Kier alpha value is -0.840. The van der Waals surface area contributed by atoms with Gasteiger partial charge in [0.05, 0.1) is 6.67 Å². The summed E-state index contributed by atoms with van der Waals surface area (Å²) in [6.45, 7) is 1.59. The van der Waals surface area contributed by atoms with Crippen molar-refractivity contribution in [3.8, 4) is 0 Å². The molecule has 1 rings (SSSR count). The molecule has 5 N–H and O–H groups in total. The molecule has 1 heterocycles. The summed E-state index contributed by atoms with van der Waals surface area (Å²) in [6, 6.07) is 4.06. The Labute approximate surface area is 66.1 Å². The highest BCUT2D eigenvalue weighted by Crippen LogP contribution is 1.93. The van der Waals surface area contributed by atoms with Gasteiger partial charge in [0.25, 0.3) is 0 Å². The molecular weight excluding hydrogens is 140 g/mol. The highest BCUT2D eigenvalue weighted by molar-refractivity contribution is 5.03. The van der Waals surface area contributed by atoms with E-state index in [0.717, 1.165) is 13.0 Å². The average molecular weight is 154 g/mol. The molecule has 0 aliphatic rings. The molecule has 4 heteroatoms. The zero-order valence-corrected chi connectivity index (χ0v) is 6.43. The van der Waals surface area contributed by atoms with E-state index in [1.54, 1.807) is 0 Å². The molecule has 11 heavy (non-hydrogen) atoms. The van der Waals surface area contributed by atoms with Gasteiger partial charge in [-0.05, 0) is 18.6 Å². The molecule has 0 spiro atoms. The van der Waals surface area contributed by atoms with Crippen molar-refractivity contribution in [1.82, 2.24) is 15.7 Å². The second-order valence-corrected chi connectivity index (χ2v) is 2.33. The van der Waals surface area contributed by atoms with Gasteiger partial charge >= 0.3 is 0 Å². The van der Waals surface area contributed by atoms with Crippen LogP contribution >= 0.6 is 0 Å². The van der Waals surface area contributed by atoms with Crippen molar-refractivity contribution < 1.29 is 0 Å². The van der Waals surface area contributed by atoms with Crippen molar-refractivity contribution in [2.24, 2.45) is 5.84 Å². The van der Waals surface area contributed by atoms with Crippen molar-refractivity contribution >= 4 is 0 Å². The maximum absolute atomic E-state index is 5.07. The molecule has 0 unspecified atom stereocenters. The van der Waals surface area contributed by atoms with Gasteiger partial charge in [0, 0.05) is 18.4 Å². The van der Waals surface area contributed by atoms with Gasteiger partial charge < -0.3 is 10.3 Å². The van der Waals surface area contributed by atoms with E-state index in [9.17, 15) is 0 Å². The molecule has 0 radical (unpaired) electrons. The summed E-state index contributed by atoms with van der Waals surface area (Å²) in [6.07, 6.45) is 2.94. The zero-order chi connectivity index (χ0) is 7.94. The molecule has 0 aliphatic heterocycles. The maximum atomic E-state index is 5.07. The van der Waals surface area contributed by atoms with Gasteiger partial charge in [0.2, 0.25) is 0 Å². The van der Waals surface area contributed by atoms with Crippen LogP contribution in [-0.4, -0.2) is 18.2 Å². The second kappa shape index (κ2) is 4.90. The molecule has 0 amide bonds. The summed E-state index contributed by atoms with van der Waals surface area (Å²) in [4.78, 5) is 3.12. The number of hydrazine groups is 1. The Balaban J connectivity index is 2.04. The smallest absolute Gasteiger partial charge is 0.0587 e. The number of hydrogen-bond acceptors (Lipinski definition) is 3. The third kappa shape index (κ3) is 3.18. The van der Waals surface area contributed by atoms with Gasteiger partial charge in [-0.2, -0.15) is 0 Å². The van der Waals surface area contributed by atoms with Crippen molar-refractivity contribution in [3.05, 3.63) is 24.0 Å². The molecule has 0 atom stereocenters. The molecule has 1 aromatic heterocycles. The predicted octanol–water partition coefficient (Wildman–Crippen LogP) is -0.432. The van der Waals surface area contributed by atoms with Gasteiger partial charge in [0.1, 0.15) is 0 Å². The third-order valence-corrected chi connectivity index (χ3v) is 1.46. The first-order valence-electron chi connectivity index (χ1n) is 3.70. The number of aromatic amines is 1. The fourth-order valence-electron chi connectivity index (χ4n) is 0.907. The first-order chi connectivity index (χ1) is 5.43. The summed E-state index contributed by atoms with van der Waals surface area (Å²) in [5.41, 5.74) is 3.77. The van der Waals surface area contributed by atoms with Crippen LogP contribution in [0.25, 0.3) is 0 Å². The van der Waals surface area contributed by atoms with Crippen LogP contribution in [0.3, 0.4) is 0 Å². The number of H-pyrrole nitrogens is 1. The molecule has 0 aliphatic carbocycles. The second-order valence-electron chi connectivity index (χ2n) is 2.33. The van der Waals surface area contributed by atoms with Crippen LogP contribution in [0.5, 0.6) is 0 Å². The number of rotatable bonds is 5. The van der Waals surface area contributed by atoms with Gasteiger partial charge in [-0.15, -0.1) is 0 Å². The van der Waals surface area contributed by atoms with E-state index in [4.69, 9.17) is 5.84 Å². The van der Waals surface area contributed by atoms with Gasteiger partial charge in [-0.25, -0.2) is 5.43 Å². The minimum atomic E-state index is 0.653. The average Bonchev–Trinajstić information content (AvgIpc) is 2.50. The maximum Gasteiger partial charge on any atom is 0.0587 e. The van der Waals surface area contributed by atoms with Crippen LogP contribution in [-0.2, 0) is 6.42 Å². The summed E-state index contributed by atoms with van der Waals surface area (Å²) < 4.78 is 0. The lowest BCUT2D eigenvalue weighted by atomic mass is 10.3. The third-order valence-electron chi connectivity index (χ3n) is 1.46. The quantitative estimate of drug-likeness (QED) is 0.201. The number of hydrogen-bond donors (Lipinski definition) is 4. The standard InChI is InChI=1S/C7H14N4/c8-11-6-9-5-3-7-2-1-4-10-7/h1-2,4,9-11H,3,5-6,8H2. The van der Waals surface area contributed by atoms with Crippen molar-refractivity contribution in [3.63, 3.8) is 0 Å². The fraction of sp³-hybridized carbons (Fsp3) is 0.429. The van der Waals surface area contributed by atoms with Gasteiger partial charge in [-0.3, -0.25) is 5.84 Å². The normalized spacial score (nSPS) is 10.3. The molecule has 0 saturated heterocycles. The van der Waals surface area contributed by atoms with Crippen LogP contribution in [0.4, 0.5) is 0 Å². The Bertz CT molecular complexity index is 171. The highest BCUT2D eigenvalue weighted by atomic mass is 15.3. The molecule has 0 bridgehead atoms. The van der Waals surface area contributed by atoms with Crippen LogP contribution < -0.4 is 16.6 Å². The van der Waals surface area contributed by atoms with Crippen LogP contribution in [0, 0.1) is 0 Å². The zero-order valence-electron chi connectivity index (χ0n) is 6.43. The van der Waals surface area contributed by atoms with Crippen LogP contribution in [0.2, 0.25) is 0 Å². The van der Waals surface area contributed by atoms with E-state index < -0.39 is 0 Å². The highest BCUT2D eigenvalue weighted by Gasteiger charge is 1.90. The molecule has 62 valence electrons. The lowest BCUT2D eigenvalue weighted by molar-refractivity contribution is 0.599. The van der Waals surface area contributed by atoms with Crippen molar-refractivity contribution in [1.29, 1.82) is 0 Å². The number of nitrogens with one attached hydrogen (secondary N) is 3. The van der Waals surface area contributed by atoms with E-state index in [0.29, 0.717) is 6.67 Å². The van der Waals surface area contributed by atoms with E-state index >= 15 is 0 Å². The molecule has 1 aromatic rings. The SMILES string of the molecule is NNCNCCc1ccc[nH]1. The largest absolute Gasteiger partial charge is 0.365 e. The van der Waals surface area contributed by atoms with E-state index in [2.05, 4.69) is 21.8 Å². The number of nitrogens with two attached hydrogens (primary N) is 1. The Morgan fingerprint density at radius 1 is 1.55 bits per heavy atom. The topological polar surface area (TPSA) is 65.9 Å². The summed E-state index contributed by atoms with van der Waals surface area (Å²) >= 11 is 0. The number of aromatic nitrogens is 1. The minimum absolute atomic E-state index is 0.653. The lowest BCUT2D eigenvalue weighted by Crippen LogP contribution is -2.34. The van der Waals surface area contributed by atoms with Gasteiger partial charge in [-0.1, -0.05) is 0 Å². The van der Waals surface area contributed by atoms with Crippen molar-refractivity contribution in [2.45, 2.75) is 6.42 Å². The van der Waals surface area contributed by atoms with Crippen molar-refractivity contribution in [2.75, 3.05) is 13.2 Å². The Morgan fingerprint density at radius 2 is 2.45 bits per heavy atom.